The van der Waals surface area contributed by atoms with Crippen molar-refractivity contribution in [3.63, 3.8) is 0 Å². The molecule has 2 heterocycles. The van der Waals surface area contributed by atoms with Crippen molar-refractivity contribution < 1.29 is 26.4 Å². The summed E-state index contributed by atoms with van der Waals surface area (Å²) in [7, 11) is -0.233. The zero-order valence-corrected chi connectivity index (χ0v) is 29.0. The minimum absolute atomic E-state index is 0.0628. The van der Waals surface area contributed by atoms with E-state index in [1.54, 1.807) is 38.2 Å². The predicted molar refractivity (Wildman–Crippen MR) is 185 cm³/mol. The molecule has 9 nitrogen and oxygen atoms in total. The Labute approximate surface area is 285 Å². The molecule has 0 amide bonds. The highest BCUT2D eigenvalue weighted by Gasteiger charge is 2.26. The van der Waals surface area contributed by atoms with Gasteiger partial charge >= 0.3 is 5.69 Å². The van der Waals surface area contributed by atoms with Crippen LogP contribution in [-0.2, 0) is 34.3 Å². The molecule has 0 fully saturated rings. The number of carbonyl (C=O) groups is 1. The average Bonchev–Trinajstić information content (AvgIpc) is 3.42. The van der Waals surface area contributed by atoms with Crippen molar-refractivity contribution in [1.82, 2.24) is 18.3 Å². The van der Waals surface area contributed by atoms with Gasteiger partial charge in [-0.05, 0) is 60.1 Å². The van der Waals surface area contributed by atoms with Gasteiger partial charge in [0.15, 0.2) is 0 Å². The molecule has 14 heteroatoms. The predicted octanol–water partition coefficient (Wildman–Crippen LogP) is 5.19. The summed E-state index contributed by atoms with van der Waals surface area (Å²) in [4.78, 5) is 43.2. The molecule has 0 aliphatic rings. The Morgan fingerprint density at radius 3 is 2.10 bits per heavy atom. The number of aromatic nitrogens is 2. The zero-order valence-electron chi connectivity index (χ0n) is 27.4. The number of hydrogen-bond donors (Lipinski definition) is 0. The molecule has 49 heavy (non-hydrogen) atoms. The van der Waals surface area contributed by atoms with Crippen LogP contribution in [0.4, 0.5) is 13.2 Å². The minimum atomic E-state index is -3.45. The molecule has 0 aliphatic heterocycles. The molecule has 5 rings (SSSR count). The fraction of sp³-hybridized carbons (Fsp3) is 0.286. The van der Waals surface area contributed by atoms with Crippen molar-refractivity contribution in [2.24, 2.45) is 0 Å². The maximum atomic E-state index is 15.0. The lowest BCUT2D eigenvalue weighted by molar-refractivity contribution is -0.118. The number of ketones is 1. The van der Waals surface area contributed by atoms with E-state index >= 15 is 0 Å². The lowest BCUT2D eigenvalue weighted by Gasteiger charge is -2.21. The summed E-state index contributed by atoms with van der Waals surface area (Å²) in [6.07, 6.45) is 1.75. The van der Waals surface area contributed by atoms with Crippen LogP contribution < -0.4 is 11.2 Å². The summed E-state index contributed by atoms with van der Waals surface area (Å²) in [6.45, 7) is 1.82. The monoisotopic (exact) mass is 712 g/mol. The van der Waals surface area contributed by atoms with Crippen LogP contribution in [0.2, 0.25) is 0 Å². The third kappa shape index (κ3) is 7.77. The summed E-state index contributed by atoms with van der Waals surface area (Å²) < 4.78 is 71.1. The third-order valence-electron chi connectivity index (χ3n) is 8.34. The first-order valence-electron chi connectivity index (χ1n) is 15.4. The van der Waals surface area contributed by atoms with Crippen molar-refractivity contribution in [2.45, 2.75) is 32.9 Å². The standard InChI is InChI=1S/C35H35F3N4O5S2/c1-5-26(43)19-22-9-11-23(12-10-22)32-28(20-39(2)17-18-40(3)49(4,46)47)31-33(44)42(25-15-13-24(36)14-16-25)35(45)41(34(31)48-32)21-27-29(37)7-6-8-30(27)38/h6-16H,5,17-21H2,1-4H3. The Morgan fingerprint density at radius 1 is 0.878 bits per heavy atom. The Morgan fingerprint density at radius 2 is 1.51 bits per heavy atom. The minimum Gasteiger partial charge on any atom is -0.301 e. The van der Waals surface area contributed by atoms with E-state index in [2.05, 4.69) is 0 Å². The van der Waals surface area contributed by atoms with E-state index < -0.39 is 45.3 Å². The van der Waals surface area contributed by atoms with E-state index in [4.69, 9.17) is 0 Å². The van der Waals surface area contributed by atoms with Gasteiger partial charge in [-0.15, -0.1) is 11.3 Å². The molecule has 0 radical (unpaired) electrons. The molecule has 3 aromatic carbocycles. The molecule has 0 spiro atoms. The summed E-state index contributed by atoms with van der Waals surface area (Å²) in [6, 6.07) is 15.3. The maximum absolute atomic E-state index is 15.0. The van der Waals surface area contributed by atoms with Crippen molar-refractivity contribution in [2.75, 3.05) is 33.4 Å². The summed E-state index contributed by atoms with van der Waals surface area (Å²) in [5.41, 5.74) is 0.0823. The molecule has 0 saturated carbocycles. The number of nitrogens with zero attached hydrogens (tertiary/aromatic N) is 4. The quantitative estimate of drug-likeness (QED) is 0.167. The number of benzene rings is 3. The van der Waals surface area contributed by atoms with Gasteiger partial charge in [0.05, 0.1) is 23.9 Å². The van der Waals surface area contributed by atoms with Crippen LogP contribution in [0.1, 0.15) is 30.0 Å². The largest absolute Gasteiger partial charge is 0.337 e. The van der Waals surface area contributed by atoms with Gasteiger partial charge in [-0.3, -0.25) is 14.2 Å². The third-order valence-corrected chi connectivity index (χ3v) is 11.0. The number of sulfonamides is 1. The van der Waals surface area contributed by atoms with Crippen molar-refractivity contribution in [1.29, 1.82) is 0 Å². The van der Waals surface area contributed by atoms with Crippen molar-refractivity contribution in [3.05, 3.63) is 122 Å². The van der Waals surface area contributed by atoms with Crippen LogP contribution in [0.3, 0.4) is 0 Å². The molecule has 2 aromatic heterocycles. The molecule has 5 aromatic rings. The first kappa shape index (κ1) is 35.9. The van der Waals surface area contributed by atoms with Crippen molar-refractivity contribution in [3.8, 4) is 16.1 Å². The number of rotatable bonds is 13. The molecule has 258 valence electrons. The Kier molecular flexibility index (Phi) is 10.7. The second kappa shape index (κ2) is 14.6. The van der Waals surface area contributed by atoms with Crippen LogP contribution >= 0.6 is 11.3 Å². The van der Waals surface area contributed by atoms with E-state index in [1.807, 2.05) is 4.90 Å². The van der Waals surface area contributed by atoms with E-state index in [9.17, 15) is 36.0 Å². The average molecular weight is 713 g/mol. The van der Waals surface area contributed by atoms with Gasteiger partial charge in [0.2, 0.25) is 10.0 Å². The first-order valence-corrected chi connectivity index (χ1v) is 18.1. The number of hydrogen-bond acceptors (Lipinski definition) is 7. The number of thiophene rings is 1. The lowest BCUT2D eigenvalue weighted by Crippen LogP contribution is -2.39. The Balaban J connectivity index is 1.77. The van der Waals surface area contributed by atoms with Crippen LogP contribution in [0, 0.1) is 17.5 Å². The molecule has 0 saturated heterocycles. The Hall–Kier alpha value is -4.37. The second-order valence-electron chi connectivity index (χ2n) is 11.9. The SMILES string of the molecule is CCC(=O)Cc1ccc(-c2sc3c(c2CN(C)CCN(C)S(C)(=O)=O)c(=O)n(-c2ccc(F)cc2)c(=O)n3Cc2c(F)cccc2F)cc1. The van der Waals surface area contributed by atoms with Gasteiger partial charge < -0.3 is 4.90 Å². The van der Waals surface area contributed by atoms with Crippen LogP contribution in [0.5, 0.6) is 0 Å². The van der Waals surface area contributed by atoms with Crippen LogP contribution in [-0.4, -0.2) is 66.0 Å². The van der Waals surface area contributed by atoms with Crippen LogP contribution in [0.15, 0.2) is 76.3 Å². The Bertz CT molecular complexity index is 2230. The normalized spacial score (nSPS) is 12.0. The summed E-state index contributed by atoms with van der Waals surface area (Å²) >= 11 is 1.11. The molecule has 0 N–H and O–H groups in total. The molecule has 0 aliphatic carbocycles. The molecular weight excluding hydrogens is 678 g/mol. The molecule has 0 atom stereocenters. The summed E-state index contributed by atoms with van der Waals surface area (Å²) in [5.74, 6) is -2.26. The van der Waals surface area contributed by atoms with Crippen LogP contribution in [0.25, 0.3) is 26.3 Å². The highest BCUT2D eigenvalue weighted by Crippen LogP contribution is 2.38. The number of halogens is 3. The molecular formula is C35H35F3N4O5S2. The number of fused-ring (bicyclic) bond motifs is 1. The van der Waals surface area contributed by atoms with Gasteiger partial charge in [0.25, 0.3) is 5.56 Å². The van der Waals surface area contributed by atoms with Crippen molar-refractivity contribution >= 4 is 37.4 Å². The molecule has 0 bridgehead atoms. The second-order valence-corrected chi connectivity index (χ2v) is 15.0. The van der Waals surface area contributed by atoms with Gasteiger partial charge in [0.1, 0.15) is 28.1 Å². The number of likely N-dealkylation sites (N-methyl/N-ethyl adjacent to an activating group) is 2. The van der Waals surface area contributed by atoms with E-state index in [1.165, 1.54) is 29.6 Å². The maximum Gasteiger partial charge on any atom is 0.337 e. The highest BCUT2D eigenvalue weighted by molar-refractivity contribution is 7.88. The summed E-state index contributed by atoms with van der Waals surface area (Å²) in [5, 5.41) is 0.120. The smallest absolute Gasteiger partial charge is 0.301 e. The number of carbonyl (C=O) groups excluding carboxylic acids is 1. The van der Waals surface area contributed by atoms with Gasteiger partial charge in [-0.1, -0.05) is 37.3 Å². The van der Waals surface area contributed by atoms with Gasteiger partial charge in [-0.2, -0.15) is 0 Å². The fourth-order valence-electron chi connectivity index (χ4n) is 5.40. The fourth-order valence-corrected chi connectivity index (χ4v) is 7.12. The van der Waals surface area contributed by atoms with E-state index in [0.29, 0.717) is 22.4 Å². The van der Waals surface area contributed by atoms with Gasteiger partial charge in [0, 0.05) is 50.0 Å². The number of Topliss-reactive ketones (excluding diaryl/α,β-unsaturated/α-hetero) is 1. The van der Waals surface area contributed by atoms with Gasteiger partial charge in [-0.25, -0.2) is 35.3 Å². The lowest BCUT2D eigenvalue weighted by atomic mass is 10.0. The molecule has 0 unspecified atom stereocenters. The zero-order chi connectivity index (χ0) is 35.6. The van der Waals surface area contributed by atoms with E-state index in [-0.39, 0.29) is 53.3 Å². The first-order chi connectivity index (χ1) is 23.2. The topological polar surface area (TPSA) is 102 Å². The van der Waals surface area contributed by atoms with E-state index in [0.717, 1.165) is 56.6 Å². The highest BCUT2D eigenvalue weighted by atomic mass is 32.2.